The van der Waals surface area contributed by atoms with Gasteiger partial charge in [-0.1, -0.05) is 97.9 Å². The SMILES string of the molecule is CCCOCCOCCC(=O)NCCCOCCOCCOCCCNC(=O)[C@H](CCCCNC(=O)OCc1ccccc1)NC(=O)[C@H](CCCCNC(=O)OCc1ccccc1)NC(=O)OCc1ccccc1. The standard InChI is InChI=1S/C54H80N6O14/c1-2-31-67-35-38-70-34-26-49(61)55-29-16-32-68-36-39-71-40-37-69-33-17-30-56-50(62)47(24-12-14-27-57-52(64)72-41-44-18-6-3-7-19-44)59-51(63)48(60-54(66)74-43-46-22-10-5-11-23-46)25-13-15-28-58-53(65)73-42-45-20-8-4-9-21-45/h3-11,18-23,47-48H,2,12-17,24-43H2,1H3,(H,55,61)(H,56,62)(H,57,64)(H,58,65)(H,59,63)(H,60,66)/t47-,48-/m0/s1. The highest BCUT2D eigenvalue weighted by Crippen LogP contribution is 2.09. The summed E-state index contributed by atoms with van der Waals surface area (Å²) in [5.41, 5.74) is 2.47. The van der Waals surface area contributed by atoms with Crippen LogP contribution < -0.4 is 31.9 Å². The number of hydrogen-bond donors (Lipinski definition) is 6. The largest absolute Gasteiger partial charge is 0.445 e. The number of benzene rings is 3. The molecule has 0 saturated carbocycles. The molecule has 6 amide bonds. The van der Waals surface area contributed by atoms with E-state index in [0.717, 1.165) is 23.1 Å². The highest BCUT2D eigenvalue weighted by Gasteiger charge is 2.27. The molecule has 0 saturated heterocycles. The van der Waals surface area contributed by atoms with Gasteiger partial charge in [0.05, 0.1) is 46.2 Å². The molecule has 0 fully saturated rings. The number of rotatable bonds is 42. The van der Waals surface area contributed by atoms with Crippen molar-refractivity contribution in [2.45, 2.75) is 103 Å². The van der Waals surface area contributed by atoms with Crippen LogP contribution in [0.15, 0.2) is 91.0 Å². The molecule has 3 rings (SSSR count). The molecule has 0 aliphatic heterocycles. The summed E-state index contributed by atoms with van der Waals surface area (Å²) >= 11 is 0. The maximum Gasteiger partial charge on any atom is 0.408 e. The highest BCUT2D eigenvalue weighted by atomic mass is 16.6. The lowest BCUT2D eigenvalue weighted by molar-refractivity contribution is -0.130. The quantitative estimate of drug-likeness (QED) is 0.0288. The Hall–Kier alpha value is -6.32. The van der Waals surface area contributed by atoms with E-state index in [1.54, 1.807) is 0 Å². The van der Waals surface area contributed by atoms with E-state index in [1.165, 1.54) is 0 Å². The third-order valence-corrected chi connectivity index (χ3v) is 10.7. The molecule has 0 aliphatic carbocycles. The first-order valence-corrected chi connectivity index (χ1v) is 25.8. The highest BCUT2D eigenvalue weighted by molar-refractivity contribution is 5.91. The van der Waals surface area contributed by atoms with Gasteiger partial charge in [-0.2, -0.15) is 0 Å². The fourth-order valence-electron chi connectivity index (χ4n) is 6.77. The molecule has 20 heteroatoms. The van der Waals surface area contributed by atoms with E-state index < -0.39 is 42.2 Å². The maximum atomic E-state index is 13.9. The summed E-state index contributed by atoms with van der Waals surface area (Å²) in [4.78, 5) is 77.1. The monoisotopic (exact) mass is 1040 g/mol. The lowest BCUT2D eigenvalue weighted by Crippen LogP contribution is -2.54. The summed E-state index contributed by atoms with van der Waals surface area (Å²) in [6.45, 7) is 8.02. The van der Waals surface area contributed by atoms with Gasteiger partial charge in [0.1, 0.15) is 31.9 Å². The van der Waals surface area contributed by atoms with Crippen molar-refractivity contribution in [3.63, 3.8) is 0 Å². The van der Waals surface area contributed by atoms with Gasteiger partial charge in [0.15, 0.2) is 0 Å². The van der Waals surface area contributed by atoms with Crippen molar-refractivity contribution >= 4 is 36.0 Å². The molecule has 74 heavy (non-hydrogen) atoms. The van der Waals surface area contributed by atoms with Gasteiger partial charge in [-0.25, -0.2) is 14.4 Å². The number of nitrogens with one attached hydrogen (secondary N) is 6. The Morgan fingerprint density at radius 3 is 1.26 bits per heavy atom. The van der Waals surface area contributed by atoms with Crippen LogP contribution in [0, 0.1) is 0 Å². The van der Waals surface area contributed by atoms with Gasteiger partial charge >= 0.3 is 18.3 Å². The maximum absolute atomic E-state index is 13.9. The van der Waals surface area contributed by atoms with Gasteiger partial charge in [-0.3, -0.25) is 14.4 Å². The Morgan fingerprint density at radius 2 is 0.784 bits per heavy atom. The van der Waals surface area contributed by atoms with Crippen LogP contribution in [0.4, 0.5) is 14.4 Å². The lowest BCUT2D eigenvalue weighted by Gasteiger charge is -2.23. The molecule has 410 valence electrons. The molecule has 3 aromatic rings. The van der Waals surface area contributed by atoms with Gasteiger partial charge in [0.25, 0.3) is 0 Å². The summed E-state index contributed by atoms with van der Waals surface area (Å²) in [6.07, 6.45) is 2.73. The molecule has 6 N–H and O–H groups in total. The number of amides is 6. The fourth-order valence-corrected chi connectivity index (χ4v) is 6.77. The first kappa shape index (κ1) is 62.0. The predicted molar refractivity (Wildman–Crippen MR) is 277 cm³/mol. The molecule has 0 radical (unpaired) electrons. The van der Waals surface area contributed by atoms with Crippen LogP contribution in [-0.4, -0.2) is 140 Å². The Kier molecular flexibility index (Phi) is 35.2. The van der Waals surface area contributed by atoms with Crippen molar-refractivity contribution in [1.82, 2.24) is 31.9 Å². The zero-order chi connectivity index (χ0) is 52.9. The number of alkyl carbamates (subject to hydrolysis) is 3. The van der Waals surface area contributed by atoms with Gasteiger partial charge in [0.2, 0.25) is 17.7 Å². The molecule has 0 bridgehead atoms. The Morgan fingerprint density at radius 1 is 0.392 bits per heavy atom. The molecule has 2 atom stereocenters. The average molecular weight is 1040 g/mol. The molecular formula is C54H80N6O14. The smallest absolute Gasteiger partial charge is 0.408 e. The molecule has 3 aromatic carbocycles. The minimum Gasteiger partial charge on any atom is -0.445 e. The van der Waals surface area contributed by atoms with Crippen LogP contribution in [0.25, 0.3) is 0 Å². The second-order valence-corrected chi connectivity index (χ2v) is 16.9. The van der Waals surface area contributed by atoms with Crippen molar-refractivity contribution in [2.24, 2.45) is 0 Å². The summed E-state index contributed by atoms with van der Waals surface area (Å²) < 4.78 is 43.6. The van der Waals surface area contributed by atoms with E-state index in [9.17, 15) is 28.8 Å². The zero-order valence-electron chi connectivity index (χ0n) is 43.1. The van der Waals surface area contributed by atoms with Gasteiger partial charge < -0.3 is 69.8 Å². The van der Waals surface area contributed by atoms with E-state index in [4.69, 9.17) is 37.9 Å². The fraction of sp³-hybridized carbons (Fsp3) is 0.556. The topological polar surface area (TPSA) is 248 Å². The third-order valence-electron chi connectivity index (χ3n) is 10.7. The lowest BCUT2D eigenvalue weighted by atomic mass is 10.1. The van der Waals surface area contributed by atoms with Crippen LogP contribution in [0.2, 0.25) is 0 Å². The van der Waals surface area contributed by atoms with E-state index in [0.29, 0.717) is 118 Å². The number of hydrogen-bond acceptors (Lipinski definition) is 14. The summed E-state index contributed by atoms with van der Waals surface area (Å²) in [5, 5.41) is 16.7. The molecule has 0 spiro atoms. The van der Waals surface area contributed by atoms with E-state index in [-0.39, 0.29) is 58.2 Å². The molecule has 0 aliphatic rings. The van der Waals surface area contributed by atoms with Crippen LogP contribution in [0.5, 0.6) is 0 Å². The average Bonchev–Trinajstić information content (AvgIpc) is 3.41. The summed E-state index contributed by atoms with van der Waals surface area (Å²) in [7, 11) is 0. The van der Waals surface area contributed by atoms with Crippen molar-refractivity contribution in [3.05, 3.63) is 108 Å². The molecule has 0 unspecified atom stereocenters. The Balaban J connectivity index is 1.41. The molecular weight excluding hydrogens is 957 g/mol. The zero-order valence-corrected chi connectivity index (χ0v) is 43.1. The summed E-state index contributed by atoms with van der Waals surface area (Å²) in [6, 6.07) is 25.7. The number of carbonyl (C=O) groups excluding carboxylic acids is 6. The first-order chi connectivity index (χ1) is 36.2. The Labute approximate surface area is 436 Å². The second-order valence-electron chi connectivity index (χ2n) is 16.9. The van der Waals surface area contributed by atoms with Crippen molar-refractivity contribution in [3.8, 4) is 0 Å². The molecule has 0 aromatic heterocycles. The van der Waals surface area contributed by atoms with Crippen LogP contribution in [0.3, 0.4) is 0 Å². The van der Waals surface area contributed by atoms with Gasteiger partial charge in [-0.05, 0) is 74.5 Å². The second kappa shape index (κ2) is 42.1. The van der Waals surface area contributed by atoms with Crippen molar-refractivity contribution in [1.29, 1.82) is 0 Å². The van der Waals surface area contributed by atoms with E-state index in [1.807, 2.05) is 97.9 Å². The molecule has 0 heterocycles. The molecule has 20 nitrogen and oxygen atoms in total. The third kappa shape index (κ3) is 32.7. The minimum atomic E-state index is -1.07. The van der Waals surface area contributed by atoms with Crippen LogP contribution in [0.1, 0.15) is 87.8 Å². The number of ether oxygens (including phenoxy) is 8. The van der Waals surface area contributed by atoms with Crippen molar-refractivity contribution in [2.75, 3.05) is 92.2 Å². The summed E-state index contributed by atoms with van der Waals surface area (Å²) in [5.74, 6) is -1.07. The number of unbranched alkanes of at least 4 members (excludes halogenated alkanes) is 2. The van der Waals surface area contributed by atoms with Crippen molar-refractivity contribution < 1.29 is 66.7 Å². The van der Waals surface area contributed by atoms with Crippen LogP contribution in [-0.2, 0) is 72.1 Å². The first-order valence-electron chi connectivity index (χ1n) is 25.8. The Bertz CT molecular complexity index is 1950. The van der Waals surface area contributed by atoms with E-state index in [2.05, 4.69) is 31.9 Å². The number of carbonyl (C=O) groups is 6. The van der Waals surface area contributed by atoms with Gasteiger partial charge in [-0.15, -0.1) is 0 Å². The van der Waals surface area contributed by atoms with Gasteiger partial charge in [0, 0.05) is 52.4 Å². The van der Waals surface area contributed by atoms with E-state index >= 15 is 0 Å². The minimum absolute atomic E-state index is 0.0146. The predicted octanol–water partition coefficient (Wildman–Crippen LogP) is 5.86. The van der Waals surface area contributed by atoms with Crippen LogP contribution >= 0.6 is 0 Å². The normalized spacial score (nSPS) is 11.6.